The predicted octanol–water partition coefficient (Wildman–Crippen LogP) is 2.86. The monoisotopic (exact) mass is 816 g/mol. The average molecular weight is 817 g/mol. The number of hydrogen-bond acceptors (Lipinski definition) is 16. The number of oxazole rings is 2. The van der Waals surface area contributed by atoms with Gasteiger partial charge in [0.15, 0.2) is 11.2 Å². The van der Waals surface area contributed by atoms with Crippen molar-refractivity contribution in [3.63, 3.8) is 0 Å². The van der Waals surface area contributed by atoms with Crippen molar-refractivity contribution >= 4 is 138 Å². The van der Waals surface area contributed by atoms with E-state index in [1.54, 1.807) is 24.3 Å². The number of rotatable bonds is 12. The highest BCUT2D eigenvalue weighted by Gasteiger charge is 2.42. The molecule has 16 nitrogen and oxygen atoms in total. The Labute approximate surface area is 321 Å². The molecule has 268 valence electrons. The van der Waals surface area contributed by atoms with E-state index >= 15 is 0 Å². The lowest BCUT2D eigenvalue weighted by Gasteiger charge is -2.15. The van der Waals surface area contributed by atoms with Gasteiger partial charge in [0.25, 0.3) is 22.3 Å². The summed E-state index contributed by atoms with van der Waals surface area (Å²) in [5.41, 5.74) is 11.7. The van der Waals surface area contributed by atoms with E-state index in [1.807, 2.05) is 24.3 Å². The van der Waals surface area contributed by atoms with Crippen LogP contribution in [0.3, 0.4) is 0 Å². The minimum absolute atomic E-state index is 0.0583. The van der Waals surface area contributed by atoms with Gasteiger partial charge in [-0.1, -0.05) is 95.7 Å². The fraction of sp³-hybridized carbons (Fsp3) is 0.200. The van der Waals surface area contributed by atoms with Crippen LogP contribution >= 0.6 is 71.5 Å². The van der Waals surface area contributed by atoms with E-state index in [1.165, 1.54) is 9.80 Å². The number of carbonyl (C=O) groups excluding carboxylic acids is 6. The molecule has 0 saturated carbocycles. The van der Waals surface area contributed by atoms with Crippen LogP contribution in [0.2, 0.25) is 0 Å². The quantitative estimate of drug-likeness (QED) is 0.0702. The maximum absolute atomic E-state index is 13.2. The predicted molar refractivity (Wildman–Crippen MR) is 202 cm³/mol. The zero-order valence-corrected chi connectivity index (χ0v) is 31.3. The Morgan fingerprint density at radius 2 is 1.02 bits per heavy atom. The summed E-state index contributed by atoms with van der Waals surface area (Å²) in [5, 5.41) is 0.620. The van der Waals surface area contributed by atoms with Gasteiger partial charge in [-0.2, -0.15) is 0 Å². The van der Waals surface area contributed by atoms with Crippen LogP contribution in [0.15, 0.2) is 77.6 Å². The van der Waals surface area contributed by atoms with E-state index in [0.29, 0.717) is 32.6 Å². The lowest BCUT2D eigenvalue weighted by molar-refractivity contribution is -0.129. The molecule has 6 amide bonds. The Hall–Kier alpha value is -4.48. The molecule has 4 N–H and O–H groups in total. The second-order valence-corrected chi connectivity index (χ2v) is 15.6. The van der Waals surface area contributed by atoms with Crippen molar-refractivity contribution in [1.29, 1.82) is 0 Å². The van der Waals surface area contributed by atoms with E-state index in [-0.39, 0.29) is 55.9 Å². The Balaban J connectivity index is 0.907. The highest BCUT2D eigenvalue weighted by molar-refractivity contribution is 8.29. The van der Waals surface area contributed by atoms with Gasteiger partial charge >= 0.3 is 0 Å². The molecule has 0 atom stereocenters. The van der Waals surface area contributed by atoms with Crippen LogP contribution in [-0.2, 0) is 28.8 Å². The molecule has 0 radical (unpaired) electrons. The lowest BCUT2D eigenvalue weighted by Crippen LogP contribution is -2.44. The minimum Gasteiger partial charge on any atom is -0.431 e. The molecule has 2 aliphatic heterocycles. The summed E-state index contributed by atoms with van der Waals surface area (Å²) in [5.74, 6) is -3.41. The van der Waals surface area contributed by atoms with E-state index < -0.39 is 35.4 Å². The Morgan fingerprint density at radius 1 is 0.635 bits per heavy atom. The first kappa shape index (κ1) is 37.3. The number of benzene rings is 2. The van der Waals surface area contributed by atoms with Crippen LogP contribution in [0.25, 0.3) is 22.2 Å². The van der Waals surface area contributed by atoms with Gasteiger partial charge < -0.3 is 8.83 Å². The second kappa shape index (κ2) is 16.9. The smallest absolute Gasteiger partial charge is 0.267 e. The summed E-state index contributed by atoms with van der Waals surface area (Å²) < 4.78 is 11.4. The Morgan fingerprint density at radius 3 is 1.42 bits per heavy atom. The van der Waals surface area contributed by atoms with Gasteiger partial charge in [0.2, 0.25) is 23.6 Å². The van der Waals surface area contributed by atoms with Gasteiger partial charge in [-0.3, -0.25) is 60.3 Å². The van der Waals surface area contributed by atoms with Gasteiger partial charge in [0.1, 0.15) is 19.7 Å². The molecule has 4 aromatic rings. The third-order valence-electron chi connectivity index (χ3n) is 6.91. The standard InChI is InChI=1S/C30H24N8O8S6/c39-19(33-35-21(41)13-49-27-31-15-5-1-3-7-17(15)45-27)9-11-37-25(43)23(51-29(37)47)24-26(44)38(30(48)52-24)12-10-20(40)34-36-22(42)14-50-28-32-16-6-2-4-8-18(16)46-28/h1-8H,9-14H2,(H,33,39)(H,34,40)(H,35,41)(H,36,42). The molecule has 2 aromatic heterocycles. The molecule has 22 heteroatoms. The Bertz CT molecular complexity index is 1950. The molecule has 2 fully saturated rings. The van der Waals surface area contributed by atoms with Crippen LogP contribution in [-0.4, -0.2) is 88.4 Å². The topological polar surface area (TPSA) is 209 Å². The maximum atomic E-state index is 13.2. The van der Waals surface area contributed by atoms with E-state index in [0.717, 1.165) is 47.0 Å². The van der Waals surface area contributed by atoms with Crippen LogP contribution < -0.4 is 21.7 Å². The maximum Gasteiger partial charge on any atom is 0.267 e. The number of fused-ring (bicyclic) bond motifs is 2. The Kier molecular flexibility index (Phi) is 12.1. The minimum atomic E-state index is -0.572. The molecule has 2 saturated heterocycles. The fourth-order valence-corrected chi connectivity index (χ4v) is 8.49. The molecular weight excluding hydrogens is 793 g/mol. The van der Waals surface area contributed by atoms with Crippen molar-refractivity contribution in [2.24, 2.45) is 0 Å². The van der Waals surface area contributed by atoms with Crippen LogP contribution in [0.1, 0.15) is 12.8 Å². The third kappa shape index (κ3) is 9.11. The molecule has 2 aliphatic rings. The summed E-state index contributed by atoms with van der Waals surface area (Å²) in [6, 6.07) is 14.3. The number of hydrogen-bond donors (Lipinski definition) is 4. The van der Waals surface area contributed by atoms with E-state index in [4.69, 9.17) is 33.3 Å². The molecule has 0 bridgehead atoms. The molecule has 52 heavy (non-hydrogen) atoms. The van der Waals surface area contributed by atoms with Crippen LogP contribution in [0.5, 0.6) is 0 Å². The number of carbonyl (C=O) groups is 6. The van der Waals surface area contributed by atoms with Gasteiger partial charge in [-0.25, -0.2) is 9.97 Å². The third-order valence-corrected chi connectivity index (χ3v) is 11.6. The summed E-state index contributed by atoms with van der Waals surface area (Å²) in [6.45, 7) is -0.208. The van der Waals surface area contributed by atoms with E-state index in [9.17, 15) is 28.8 Å². The van der Waals surface area contributed by atoms with Crippen molar-refractivity contribution < 1.29 is 37.6 Å². The van der Waals surface area contributed by atoms with Gasteiger partial charge in [0.05, 0.1) is 21.3 Å². The van der Waals surface area contributed by atoms with Crippen molar-refractivity contribution in [3.05, 3.63) is 58.3 Å². The molecule has 6 rings (SSSR count). The first-order valence-corrected chi connectivity index (χ1v) is 19.4. The highest BCUT2D eigenvalue weighted by Crippen LogP contribution is 2.42. The number of nitrogens with one attached hydrogen (secondary N) is 4. The van der Waals surface area contributed by atoms with Gasteiger partial charge in [0, 0.05) is 25.9 Å². The molecular formula is C30H24N8O8S6. The fourth-order valence-electron chi connectivity index (χ4n) is 4.44. The van der Waals surface area contributed by atoms with Crippen molar-refractivity contribution in [1.82, 2.24) is 41.5 Å². The molecule has 4 heterocycles. The lowest BCUT2D eigenvalue weighted by atomic mass is 10.3. The molecule has 0 unspecified atom stereocenters. The summed E-state index contributed by atoms with van der Waals surface area (Å²) in [7, 11) is 0. The summed E-state index contributed by atoms with van der Waals surface area (Å²) in [6.07, 6.45) is -0.388. The normalized spacial score (nSPS) is 15.9. The molecule has 2 aromatic carbocycles. The summed E-state index contributed by atoms with van der Waals surface area (Å²) >= 11 is 14.6. The highest BCUT2D eigenvalue weighted by atomic mass is 32.2. The number of nitrogens with zero attached hydrogens (tertiary/aromatic N) is 4. The van der Waals surface area contributed by atoms with Gasteiger partial charge in [-0.05, 0) is 24.3 Å². The second-order valence-electron chi connectivity index (χ2n) is 10.5. The zero-order chi connectivity index (χ0) is 36.8. The van der Waals surface area contributed by atoms with Crippen molar-refractivity contribution in [3.8, 4) is 0 Å². The molecule has 0 spiro atoms. The van der Waals surface area contributed by atoms with Crippen molar-refractivity contribution in [2.45, 2.75) is 23.3 Å². The average Bonchev–Trinajstić information content (AvgIpc) is 3.89. The van der Waals surface area contributed by atoms with Crippen molar-refractivity contribution in [2.75, 3.05) is 24.6 Å². The van der Waals surface area contributed by atoms with Gasteiger partial charge in [-0.15, -0.1) is 0 Å². The first-order chi connectivity index (χ1) is 25.0. The van der Waals surface area contributed by atoms with Crippen LogP contribution in [0.4, 0.5) is 0 Å². The number of aromatic nitrogens is 2. The number of thiocarbonyl (C=S) groups is 2. The molecule has 0 aliphatic carbocycles. The first-order valence-electron chi connectivity index (χ1n) is 15.0. The van der Waals surface area contributed by atoms with Crippen LogP contribution in [0, 0.1) is 0 Å². The SMILES string of the molecule is O=C(CCN1C(=O)C(=C2SC(=S)N(CCC(=O)NNC(=O)CSc3nc4ccccc4o3)C2=O)SC1=S)NNC(=O)CSc1nc2ccccc2o1. The van der Waals surface area contributed by atoms with E-state index in [2.05, 4.69) is 31.7 Å². The zero-order valence-electron chi connectivity index (χ0n) is 26.4. The number of hydrazine groups is 2. The number of thioether (sulfide) groups is 4. The largest absolute Gasteiger partial charge is 0.431 e. The summed E-state index contributed by atoms with van der Waals surface area (Å²) in [4.78, 5) is 86.7. The number of para-hydroxylation sites is 4. The number of amides is 6.